The Balaban J connectivity index is 2.57. The van der Waals surface area contributed by atoms with Crippen molar-refractivity contribution in [3.63, 3.8) is 0 Å². The Hall–Kier alpha value is -1.45. The van der Waals surface area contributed by atoms with E-state index in [4.69, 9.17) is 4.74 Å². The number of benzene rings is 2. The van der Waals surface area contributed by atoms with Gasteiger partial charge in [0.2, 0.25) is 0 Å². The zero-order valence-electron chi connectivity index (χ0n) is 10.0. The predicted molar refractivity (Wildman–Crippen MR) is 67.6 cm³/mol. The number of ether oxygens (including phenoxy) is 1. The normalized spacial score (nSPS) is 12.9. The lowest BCUT2D eigenvalue weighted by molar-refractivity contribution is 0.171. The highest BCUT2D eigenvalue weighted by atomic mass is 19.1. The molecule has 0 aliphatic carbocycles. The monoisotopic (exact) mass is 233 g/mol. The van der Waals surface area contributed by atoms with Crippen molar-refractivity contribution >= 4 is 10.8 Å². The van der Waals surface area contributed by atoms with E-state index in [2.05, 4.69) is 5.32 Å². The molecule has 1 atom stereocenters. The largest absolute Gasteiger partial charge is 0.383 e. The minimum atomic E-state index is -0.184. The van der Waals surface area contributed by atoms with Crippen molar-refractivity contribution < 1.29 is 9.13 Å². The fourth-order valence-electron chi connectivity index (χ4n) is 2.08. The van der Waals surface area contributed by atoms with Crippen molar-refractivity contribution in [2.24, 2.45) is 0 Å². The molecule has 0 fully saturated rings. The van der Waals surface area contributed by atoms with Gasteiger partial charge in [-0.15, -0.1) is 0 Å². The van der Waals surface area contributed by atoms with Crippen LogP contribution in [0.15, 0.2) is 36.4 Å². The van der Waals surface area contributed by atoms with Gasteiger partial charge in [-0.3, -0.25) is 0 Å². The third-order valence-corrected chi connectivity index (χ3v) is 2.96. The number of nitrogens with one attached hydrogen (secondary N) is 1. The van der Waals surface area contributed by atoms with Gasteiger partial charge in [-0.25, -0.2) is 4.39 Å². The summed E-state index contributed by atoms with van der Waals surface area (Å²) >= 11 is 0. The highest BCUT2D eigenvalue weighted by molar-refractivity contribution is 5.86. The average Bonchev–Trinajstić information content (AvgIpc) is 2.37. The van der Waals surface area contributed by atoms with Gasteiger partial charge in [0.1, 0.15) is 5.82 Å². The first-order valence-electron chi connectivity index (χ1n) is 5.61. The van der Waals surface area contributed by atoms with Crippen molar-refractivity contribution in [3.05, 3.63) is 47.8 Å². The lowest BCUT2D eigenvalue weighted by atomic mass is 9.99. The molecular weight excluding hydrogens is 217 g/mol. The lowest BCUT2D eigenvalue weighted by Gasteiger charge is -2.18. The van der Waals surface area contributed by atoms with E-state index in [1.807, 2.05) is 31.3 Å². The third-order valence-electron chi connectivity index (χ3n) is 2.96. The second-order valence-electron chi connectivity index (χ2n) is 3.98. The van der Waals surface area contributed by atoms with E-state index >= 15 is 0 Å². The van der Waals surface area contributed by atoms with Gasteiger partial charge in [0, 0.05) is 12.5 Å². The molecule has 0 spiro atoms. The molecule has 0 aromatic heterocycles. The van der Waals surface area contributed by atoms with Crippen LogP contribution in [-0.4, -0.2) is 20.8 Å². The van der Waals surface area contributed by atoms with Crippen LogP contribution < -0.4 is 5.32 Å². The summed E-state index contributed by atoms with van der Waals surface area (Å²) in [5.41, 5.74) is 1.06. The number of methoxy groups -OCH3 is 1. The van der Waals surface area contributed by atoms with Gasteiger partial charge in [-0.1, -0.05) is 30.3 Å². The third kappa shape index (κ3) is 2.30. The van der Waals surface area contributed by atoms with Gasteiger partial charge < -0.3 is 10.1 Å². The molecule has 2 rings (SSSR count). The van der Waals surface area contributed by atoms with E-state index < -0.39 is 0 Å². The summed E-state index contributed by atoms with van der Waals surface area (Å²) in [5, 5.41) is 4.77. The summed E-state index contributed by atoms with van der Waals surface area (Å²) < 4.78 is 18.8. The van der Waals surface area contributed by atoms with Crippen molar-refractivity contribution in [2.75, 3.05) is 20.8 Å². The first-order chi connectivity index (χ1) is 8.27. The fourth-order valence-corrected chi connectivity index (χ4v) is 2.08. The van der Waals surface area contributed by atoms with Gasteiger partial charge in [-0.05, 0) is 24.1 Å². The second-order valence-corrected chi connectivity index (χ2v) is 3.98. The van der Waals surface area contributed by atoms with Crippen molar-refractivity contribution in [1.29, 1.82) is 0 Å². The standard InChI is InChI=1S/C14H16FNO/c1-16-14(9-17-2)12-7-8-13(15)11-6-4-3-5-10(11)12/h3-8,14,16H,9H2,1-2H3. The number of halogens is 1. The van der Waals surface area contributed by atoms with Gasteiger partial charge in [-0.2, -0.15) is 0 Å². The topological polar surface area (TPSA) is 21.3 Å². The molecule has 0 saturated carbocycles. The Morgan fingerprint density at radius 3 is 2.53 bits per heavy atom. The summed E-state index contributed by atoms with van der Waals surface area (Å²) in [6.45, 7) is 0.562. The smallest absolute Gasteiger partial charge is 0.131 e. The summed E-state index contributed by atoms with van der Waals surface area (Å²) in [4.78, 5) is 0. The summed E-state index contributed by atoms with van der Waals surface area (Å²) in [6, 6.07) is 10.9. The molecule has 0 saturated heterocycles. The fraction of sp³-hybridized carbons (Fsp3) is 0.286. The lowest BCUT2D eigenvalue weighted by Crippen LogP contribution is -2.21. The number of fused-ring (bicyclic) bond motifs is 1. The van der Waals surface area contributed by atoms with Crippen LogP contribution in [0.2, 0.25) is 0 Å². The minimum absolute atomic E-state index is 0.0745. The van der Waals surface area contributed by atoms with Crippen LogP contribution >= 0.6 is 0 Å². The molecule has 2 nitrogen and oxygen atoms in total. The summed E-state index contributed by atoms with van der Waals surface area (Å²) in [7, 11) is 3.54. The number of likely N-dealkylation sites (N-methyl/N-ethyl adjacent to an activating group) is 1. The Bertz CT molecular complexity index is 513. The molecule has 2 aromatic carbocycles. The number of rotatable bonds is 4. The van der Waals surface area contributed by atoms with Crippen molar-refractivity contribution in [1.82, 2.24) is 5.32 Å². The molecule has 0 radical (unpaired) electrons. The van der Waals surface area contributed by atoms with Gasteiger partial charge in [0.15, 0.2) is 0 Å². The second kappa shape index (κ2) is 5.25. The van der Waals surface area contributed by atoms with Gasteiger partial charge in [0.05, 0.1) is 12.6 Å². The van der Waals surface area contributed by atoms with E-state index in [0.717, 1.165) is 10.9 Å². The molecule has 0 bridgehead atoms. The molecule has 0 amide bonds. The number of hydrogen-bond acceptors (Lipinski definition) is 2. The molecule has 90 valence electrons. The SMILES string of the molecule is CNC(COC)c1ccc(F)c2ccccc12. The number of hydrogen-bond donors (Lipinski definition) is 1. The Kier molecular flexibility index (Phi) is 3.71. The summed E-state index contributed by atoms with van der Waals surface area (Å²) in [6.07, 6.45) is 0. The molecule has 0 aliphatic rings. The zero-order chi connectivity index (χ0) is 12.3. The van der Waals surface area contributed by atoms with E-state index in [9.17, 15) is 4.39 Å². The highest BCUT2D eigenvalue weighted by Crippen LogP contribution is 2.26. The first kappa shape index (κ1) is 12.0. The molecule has 2 aromatic rings. The Morgan fingerprint density at radius 1 is 1.18 bits per heavy atom. The van der Waals surface area contributed by atoms with Crippen LogP contribution in [0.4, 0.5) is 4.39 Å². The molecule has 17 heavy (non-hydrogen) atoms. The zero-order valence-corrected chi connectivity index (χ0v) is 10.0. The van der Waals surface area contributed by atoms with Crippen molar-refractivity contribution in [2.45, 2.75) is 6.04 Å². The maximum atomic E-state index is 13.7. The summed E-state index contributed by atoms with van der Waals surface area (Å²) in [5.74, 6) is -0.184. The predicted octanol–water partition coefficient (Wildman–Crippen LogP) is 2.89. The van der Waals surface area contributed by atoms with Crippen LogP contribution in [0.25, 0.3) is 10.8 Å². The Labute approximate surface area is 100 Å². The molecule has 1 N–H and O–H groups in total. The van der Waals surface area contributed by atoms with Crippen LogP contribution in [0, 0.1) is 5.82 Å². The van der Waals surface area contributed by atoms with E-state index in [-0.39, 0.29) is 11.9 Å². The molecule has 3 heteroatoms. The van der Waals surface area contributed by atoms with Crippen LogP contribution in [0.3, 0.4) is 0 Å². The first-order valence-corrected chi connectivity index (χ1v) is 5.61. The maximum absolute atomic E-state index is 13.7. The minimum Gasteiger partial charge on any atom is -0.383 e. The quantitative estimate of drug-likeness (QED) is 0.876. The molecule has 0 aliphatic heterocycles. The van der Waals surface area contributed by atoms with Crippen LogP contribution in [0.5, 0.6) is 0 Å². The van der Waals surface area contributed by atoms with Gasteiger partial charge >= 0.3 is 0 Å². The van der Waals surface area contributed by atoms with E-state index in [0.29, 0.717) is 12.0 Å². The van der Waals surface area contributed by atoms with E-state index in [1.165, 1.54) is 6.07 Å². The average molecular weight is 233 g/mol. The van der Waals surface area contributed by atoms with Crippen LogP contribution in [0.1, 0.15) is 11.6 Å². The van der Waals surface area contributed by atoms with Crippen LogP contribution in [-0.2, 0) is 4.74 Å². The molecular formula is C14H16FNO. The molecule has 1 unspecified atom stereocenters. The van der Waals surface area contributed by atoms with Crippen molar-refractivity contribution in [3.8, 4) is 0 Å². The highest BCUT2D eigenvalue weighted by Gasteiger charge is 2.13. The van der Waals surface area contributed by atoms with E-state index in [1.54, 1.807) is 13.2 Å². The van der Waals surface area contributed by atoms with Gasteiger partial charge in [0.25, 0.3) is 0 Å². The maximum Gasteiger partial charge on any atom is 0.131 e. The molecule has 0 heterocycles. The Morgan fingerprint density at radius 2 is 1.88 bits per heavy atom.